The molecule has 2 rings (SSSR count). The summed E-state index contributed by atoms with van der Waals surface area (Å²) in [6.07, 6.45) is 5.15. The first-order valence-corrected chi connectivity index (χ1v) is 7.81. The van der Waals surface area contributed by atoms with Crippen molar-refractivity contribution in [3.63, 3.8) is 0 Å². The van der Waals surface area contributed by atoms with Crippen LogP contribution in [0, 0.1) is 11.3 Å². The number of hydrogen-bond donors (Lipinski definition) is 1. The standard InChI is InChI=1S/C18H29N/c1-5-15-6-8-16(9-7-15)13-19-17-10-11-18(3,4)12-14(17)2/h6-9,14,17,19H,5,10-13H2,1-4H3. The Morgan fingerprint density at radius 1 is 1.16 bits per heavy atom. The van der Waals surface area contributed by atoms with Crippen LogP contribution in [-0.4, -0.2) is 6.04 Å². The van der Waals surface area contributed by atoms with Gasteiger partial charge in [0.25, 0.3) is 0 Å². The molecule has 0 aromatic heterocycles. The summed E-state index contributed by atoms with van der Waals surface area (Å²) in [5.74, 6) is 0.790. The molecule has 19 heavy (non-hydrogen) atoms. The Morgan fingerprint density at radius 2 is 1.79 bits per heavy atom. The normalized spacial score (nSPS) is 26.3. The van der Waals surface area contributed by atoms with Gasteiger partial charge < -0.3 is 5.32 Å². The molecule has 1 aromatic carbocycles. The van der Waals surface area contributed by atoms with Crippen LogP contribution in [0.4, 0.5) is 0 Å². The van der Waals surface area contributed by atoms with Gasteiger partial charge in [0.15, 0.2) is 0 Å². The van der Waals surface area contributed by atoms with E-state index in [4.69, 9.17) is 0 Å². The predicted octanol–water partition coefficient (Wildman–Crippen LogP) is 4.55. The highest BCUT2D eigenvalue weighted by Gasteiger charge is 2.31. The van der Waals surface area contributed by atoms with Gasteiger partial charge in [-0.1, -0.05) is 52.0 Å². The topological polar surface area (TPSA) is 12.0 Å². The van der Waals surface area contributed by atoms with Crippen LogP contribution in [-0.2, 0) is 13.0 Å². The van der Waals surface area contributed by atoms with Gasteiger partial charge >= 0.3 is 0 Å². The maximum absolute atomic E-state index is 3.76. The maximum atomic E-state index is 3.76. The Morgan fingerprint density at radius 3 is 2.37 bits per heavy atom. The molecule has 0 aliphatic heterocycles. The molecule has 0 radical (unpaired) electrons. The molecule has 0 saturated heterocycles. The minimum Gasteiger partial charge on any atom is -0.310 e. The minimum absolute atomic E-state index is 0.542. The fourth-order valence-corrected chi connectivity index (χ4v) is 3.39. The zero-order chi connectivity index (χ0) is 13.9. The van der Waals surface area contributed by atoms with Crippen LogP contribution >= 0.6 is 0 Å². The Labute approximate surface area is 118 Å². The van der Waals surface area contributed by atoms with Crippen molar-refractivity contribution in [2.24, 2.45) is 11.3 Å². The van der Waals surface area contributed by atoms with E-state index < -0.39 is 0 Å². The first kappa shape index (κ1) is 14.6. The lowest BCUT2D eigenvalue weighted by atomic mass is 9.70. The molecule has 1 heteroatoms. The first-order valence-electron chi connectivity index (χ1n) is 7.81. The molecule has 0 heterocycles. The molecule has 0 amide bonds. The monoisotopic (exact) mass is 259 g/mol. The van der Waals surface area contributed by atoms with E-state index in [-0.39, 0.29) is 0 Å². The highest BCUT2D eigenvalue weighted by Crippen LogP contribution is 2.38. The van der Waals surface area contributed by atoms with Crippen molar-refractivity contribution >= 4 is 0 Å². The van der Waals surface area contributed by atoms with Gasteiger partial charge in [0.1, 0.15) is 0 Å². The second-order valence-corrected chi connectivity index (χ2v) is 7.04. The average Bonchev–Trinajstić information content (AvgIpc) is 2.37. The predicted molar refractivity (Wildman–Crippen MR) is 83.2 cm³/mol. The van der Waals surface area contributed by atoms with Gasteiger partial charge in [-0.2, -0.15) is 0 Å². The summed E-state index contributed by atoms with van der Waals surface area (Å²) in [4.78, 5) is 0. The van der Waals surface area contributed by atoms with Crippen LogP contribution in [0.2, 0.25) is 0 Å². The Bertz CT molecular complexity index is 391. The SMILES string of the molecule is CCc1ccc(CNC2CCC(C)(C)CC2C)cc1. The third kappa shape index (κ3) is 4.07. The molecule has 1 aliphatic rings. The molecular weight excluding hydrogens is 230 g/mol. The van der Waals surface area contributed by atoms with Gasteiger partial charge in [-0.3, -0.25) is 0 Å². The van der Waals surface area contributed by atoms with Crippen LogP contribution in [0.15, 0.2) is 24.3 Å². The van der Waals surface area contributed by atoms with Crippen molar-refractivity contribution in [2.75, 3.05) is 0 Å². The molecule has 2 unspecified atom stereocenters. The summed E-state index contributed by atoms with van der Waals surface area (Å²) in [5, 5.41) is 3.76. The van der Waals surface area contributed by atoms with Gasteiger partial charge in [0.2, 0.25) is 0 Å². The molecule has 0 spiro atoms. The van der Waals surface area contributed by atoms with Crippen molar-refractivity contribution < 1.29 is 0 Å². The first-order chi connectivity index (χ1) is 9.00. The van der Waals surface area contributed by atoms with Crippen LogP contribution in [0.5, 0.6) is 0 Å². The van der Waals surface area contributed by atoms with Crippen molar-refractivity contribution in [3.8, 4) is 0 Å². The lowest BCUT2D eigenvalue weighted by molar-refractivity contribution is 0.148. The van der Waals surface area contributed by atoms with E-state index in [1.165, 1.54) is 30.4 Å². The average molecular weight is 259 g/mol. The maximum Gasteiger partial charge on any atom is 0.0208 e. The molecular formula is C18H29N. The van der Waals surface area contributed by atoms with Gasteiger partial charge in [0, 0.05) is 12.6 Å². The summed E-state index contributed by atoms with van der Waals surface area (Å²) in [7, 11) is 0. The van der Waals surface area contributed by atoms with Crippen LogP contribution in [0.25, 0.3) is 0 Å². The van der Waals surface area contributed by atoms with Crippen molar-refractivity contribution in [1.82, 2.24) is 5.32 Å². The number of rotatable bonds is 4. The molecule has 1 N–H and O–H groups in total. The van der Waals surface area contributed by atoms with Crippen molar-refractivity contribution in [1.29, 1.82) is 0 Å². The highest BCUT2D eigenvalue weighted by molar-refractivity contribution is 5.22. The third-order valence-electron chi connectivity index (χ3n) is 4.69. The highest BCUT2D eigenvalue weighted by atomic mass is 14.9. The van der Waals surface area contributed by atoms with Gasteiger partial charge in [-0.15, -0.1) is 0 Å². The summed E-state index contributed by atoms with van der Waals surface area (Å²) < 4.78 is 0. The molecule has 2 atom stereocenters. The van der Waals surface area contributed by atoms with E-state index in [0.29, 0.717) is 11.5 Å². The Balaban J connectivity index is 1.85. The van der Waals surface area contributed by atoms with Crippen molar-refractivity contribution in [2.45, 2.75) is 66.0 Å². The second kappa shape index (κ2) is 6.09. The van der Waals surface area contributed by atoms with Gasteiger partial charge in [-0.25, -0.2) is 0 Å². The lowest BCUT2D eigenvalue weighted by Gasteiger charge is -2.39. The molecule has 1 saturated carbocycles. The fourth-order valence-electron chi connectivity index (χ4n) is 3.39. The van der Waals surface area contributed by atoms with Crippen molar-refractivity contribution in [3.05, 3.63) is 35.4 Å². The second-order valence-electron chi connectivity index (χ2n) is 7.04. The number of nitrogens with one attached hydrogen (secondary N) is 1. The van der Waals surface area contributed by atoms with Gasteiger partial charge in [0.05, 0.1) is 0 Å². The molecule has 106 valence electrons. The zero-order valence-corrected chi connectivity index (χ0v) is 13.0. The summed E-state index contributed by atoms with van der Waals surface area (Å²) in [6.45, 7) is 10.4. The van der Waals surface area contributed by atoms with Crippen LogP contribution in [0.3, 0.4) is 0 Å². The summed E-state index contributed by atoms with van der Waals surface area (Å²) in [6, 6.07) is 9.74. The zero-order valence-electron chi connectivity index (χ0n) is 13.0. The van der Waals surface area contributed by atoms with Gasteiger partial charge in [-0.05, 0) is 48.1 Å². The minimum atomic E-state index is 0.542. The molecule has 1 aliphatic carbocycles. The van der Waals surface area contributed by atoms with E-state index in [2.05, 4.69) is 57.3 Å². The smallest absolute Gasteiger partial charge is 0.0208 e. The Hall–Kier alpha value is -0.820. The third-order valence-corrected chi connectivity index (χ3v) is 4.69. The van der Waals surface area contributed by atoms with E-state index in [0.717, 1.165) is 18.9 Å². The van der Waals surface area contributed by atoms with Crippen LogP contribution < -0.4 is 5.32 Å². The van der Waals surface area contributed by atoms with E-state index in [1.54, 1.807) is 0 Å². The molecule has 0 bridgehead atoms. The number of benzene rings is 1. The Kier molecular flexibility index (Phi) is 4.67. The lowest BCUT2D eigenvalue weighted by Crippen LogP contribution is -2.41. The molecule has 1 fully saturated rings. The molecule has 1 aromatic rings. The van der Waals surface area contributed by atoms with Crippen LogP contribution in [0.1, 0.15) is 58.1 Å². The number of hydrogen-bond acceptors (Lipinski definition) is 1. The summed E-state index contributed by atoms with van der Waals surface area (Å²) >= 11 is 0. The largest absolute Gasteiger partial charge is 0.310 e. The summed E-state index contributed by atoms with van der Waals surface area (Å²) in [5.41, 5.74) is 3.38. The quantitative estimate of drug-likeness (QED) is 0.836. The fraction of sp³-hybridized carbons (Fsp3) is 0.667. The van der Waals surface area contributed by atoms with E-state index in [9.17, 15) is 0 Å². The van der Waals surface area contributed by atoms with E-state index in [1.807, 2.05) is 0 Å². The number of aryl methyl sites for hydroxylation is 1. The van der Waals surface area contributed by atoms with E-state index >= 15 is 0 Å². The molecule has 1 nitrogen and oxygen atoms in total.